The van der Waals surface area contributed by atoms with Gasteiger partial charge in [-0.15, -0.1) is 0 Å². The molecule has 26 heavy (non-hydrogen) atoms. The lowest BCUT2D eigenvalue weighted by molar-refractivity contribution is -0.142. The van der Waals surface area contributed by atoms with Gasteiger partial charge in [-0.05, 0) is 12.8 Å². The Morgan fingerprint density at radius 1 is 1.04 bits per heavy atom. The number of nitrogens with two attached hydrogens (primary N) is 3. The second kappa shape index (κ2) is 11.9. The van der Waals surface area contributed by atoms with Gasteiger partial charge in [-0.1, -0.05) is 0 Å². The Labute approximate surface area is 155 Å². The highest BCUT2D eigenvalue weighted by Crippen LogP contribution is 2.01. The van der Waals surface area contributed by atoms with Crippen molar-refractivity contribution in [1.29, 1.82) is 0 Å². The third-order valence-electron chi connectivity index (χ3n) is 3.11. The van der Waals surface area contributed by atoms with Crippen LogP contribution >= 0.6 is 12.6 Å². The van der Waals surface area contributed by atoms with Gasteiger partial charge in [0.25, 0.3) is 0 Å². The molecule has 0 bridgehead atoms. The summed E-state index contributed by atoms with van der Waals surface area (Å²) < 4.78 is 0. The topological polar surface area (TPSA) is 223 Å². The quantitative estimate of drug-likeness (QED) is 0.0724. The second-order valence-corrected chi connectivity index (χ2v) is 5.66. The van der Waals surface area contributed by atoms with Gasteiger partial charge in [0, 0.05) is 12.3 Å². The van der Waals surface area contributed by atoms with Gasteiger partial charge in [0.2, 0.25) is 11.8 Å². The van der Waals surface area contributed by atoms with E-state index in [2.05, 4.69) is 28.3 Å². The zero-order valence-electron chi connectivity index (χ0n) is 13.9. The molecule has 3 unspecified atom stereocenters. The van der Waals surface area contributed by atoms with Crippen LogP contribution in [0, 0.1) is 0 Å². The van der Waals surface area contributed by atoms with Crippen LogP contribution in [0.2, 0.25) is 0 Å². The molecule has 13 heteroatoms. The molecule has 0 saturated heterocycles. The van der Waals surface area contributed by atoms with Crippen molar-refractivity contribution in [2.75, 3.05) is 12.3 Å². The van der Waals surface area contributed by atoms with Crippen LogP contribution in [-0.4, -0.2) is 70.3 Å². The molecule has 0 aromatic carbocycles. The molecule has 148 valence electrons. The van der Waals surface area contributed by atoms with Crippen LogP contribution in [0.25, 0.3) is 0 Å². The zero-order valence-corrected chi connectivity index (χ0v) is 14.8. The number of thiol groups is 1. The lowest BCUT2D eigenvalue weighted by Gasteiger charge is -2.21. The van der Waals surface area contributed by atoms with Gasteiger partial charge in [0.1, 0.15) is 12.1 Å². The summed E-state index contributed by atoms with van der Waals surface area (Å²) >= 11 is 3.92. The average Bonchev–Trinajstić information content (AvgIpc) is 2.53. The van der Waals surface area contributed by atoms with Crippen LogP contribution in [0.5, 0.6) is 0 Å². The second-order valence-electron chi connectivity index (χ2n) is 5.30. The maximum absolute atomic E-state index is 12.1. The van der Waals surface area contributed by atoms with Crippen LogP contribution in [-0.2, 0) is 19.2 Å². The molecule has 12 nitrogen and oxygen atoms in total. The predicted molar refractivity (Wildman–Crippen MR) is 95.5 cm³/mol. The van der Waals surface area contributed by atoms with Crippen molar-refractivity contribution in [3.63, 3.8) is 0 Å². The van der Waals surface area contributed by atoms with Gasteiger partial charge in [-0.3, -0.25) is 19.4 Å². The lowest BCUT2D eigenvalue weighted by atomic mass is 10.1. The average molecular weight is 392 g/mol. The number of nitrogens with one attached hydrogen (secondary N) is 2. The maximum atomic E-state index is 12.1. The molecular formula is C13H24N6O6S. The monoisotopic (exact) mass is 392 g/mol. The van der Waals surface area contributed by atoms with Crippen LogP contribution in [0.3, 0.4) is 0 Å². The number of hydrogen-bond donors (Lipinski definition) is 8. The smallest absolute Gasteiger partial charge is 0.326 e. The van der Waals surface area contributed by atoms with Crippen LogP contribution in [0.4, 0.5) is 0 Å². The fourth-order valence-electron chi connectivity index (χ4n) is 1.79. The van der Waals surface area contributed by atoms with Crippen molar-refractivity contribution in [3.8, 4) is 0 Å². The van der Waals surface area contributed by atoms with Gasteiger partial charge in [0.15, 0.2) is 5.96 Å². The minimum atomic E-state index is -1.35. The summed E-state index contributed by atoms with van der Waals surface area (Å²) in [5, 5.41) is 22.3. The van der Waals surface area contributed by atoms with E-state index >= 15 is 0 Å². The SMILES string of the molecule is NC(N)=NCCCC(NC(=O)C(CS)NC(=O)C(N)CC(=O)O)C(=O)O. The van der Waals surface area contributed by atoms with Crippen molar-refractivity contribution in [2.24, 2.45) is 22.2 Å². The zero-order chi connectivity index (χ0) is 20.3. The van der Waals surface area contributed by atoms with E-state index in [9.17, 15) is 19.2 Å². The Morgan fingerprint density at radius 2 is 1.62 bits per heavy atom. The Balaban J connectivity index is 4.71. The molecule has 0 saturated carbocycles. The van der Waals surface area contributed by atoms with Crippen molar-refractivity contribution < 1.29 is 29.4 Å². The molecule has 0 rings (SSSR count). The fraction of sp³-hybridized carbons (Fsp3) is 0.615. The summed E-state index contributed by atoms with van der Waals surface area (Å²) in [5.41, 5.74) is 15.7. The Kier molecular flexibility index (Phi) is 10.8. The number of hydrogen-bond acceptors (Lipinski definition) is 7. The number of carbonyl (C=O) groups excluding carboxylic acids is 2. The highest BCUT2D eigenvalue weighted by Gasteiger charge is 2.27. The van der Waals surface area contributed by atoms with Crippen molar-refractivity contribution in [1.82, 2.24) is 10.6 Å². The van der Waals surface area contributed by atoms with E-state index in [1.165, 1.54) is 0 Å². The van der Waals surface area contributed by atoms with Crippen molar-refractivity contribution in [2.45, 2.75) is 37.4 Å². The van der Waals surface area contributed by atoms with E-state index in [0.717, 1.165) is 0 Å². The summed E-state index contributed by atoms with van der Waals surface area (Å²) in [6.07, 6.45) is -0.255. The number of carboxylic acid groups (broad SMARTS) is 2. The molecule has 0 aliphatic rings. The highest BCUT2D eigenvalue weighted by atomic mass is 32.1. The van der Waals surface area contributed by atoms with Gasteiger partial charge < -0.3 is 38.0 Å². The molecule has 0 aliphatic carbocycles. The molecule has 0 aromatic heterocycles. The minimum Gasteiger partial charge on any atom is -0.481 e. The molecule has 0 radical (unpaired) electrons. The Bertz CT molecular complexity index is 553. The lowest BCUT2D eigenvalue weighted by Crippen LogP contribution is -2.55. The fourth-order valence-corrected chi connectivity index (χ4v) is 2.04. The van der Waals surface area contributed by atoms with E-state index in [1.807, 2.05) is 0 Å². The molecule has 0 spiro atoms. The molecule has 3 atom stereocenters. The molecule has 0 fully saturated rings. The van der Waals surface area contributed by atoms with E-state index in [4.69, 9.17) is 27.4 Å². The Morgan fingerprint density at radius 3 is 2.08 bits per heavy atom. The first-order valence-corrected chi connectivity index (χ1v) is 8.18. The van der Waals surface area contributed by atoms with Crippen LogP contribution in [0.1, 0.15) is 19.3 Å². The standard InChI is InChI=1S/C13H24N6O6S/c14-6(4-9(20)21)10(22)19-8(5-26)11(23)18-7(12(24)25)2-1-3-17-13(15)16/h6-8,26H,1-5,14H2,(H,18,23)(H,19,22)(H,20,21)(H,24,25)(H4,15,16,17). The van der Waals surface area contributed by atoms with Gasteiger partial charge >= 0.3 is 11.9 Å². The van der Waals surface area contributed by atoms with Crippen LogP contribution in [0.15, 0.2) is 4.99 Å². The number of amides is 2. The first-order chi connectivity index (χ1) is 12.1. The molecule has 0 aliphatic heterocycles. The minimum absolute atomic E-state index is 0.0591. The first-order valence-electron chi connectivity index (χ1n) is 7.55. The number of aliphatic imine (C=N–C) groups is 1. The third kappa shape index (κ3) is 9.68. The summed E-state index contributed by atoms with van der Waals surface area (Å²) in [4.78, 5) is 49.4. The maximum Gasteiger partial charge on any atom is 0.326 e. The number of rotatable bonds is 12. The molecular weight excluding hydrogens is 368 g/mol. The predicted octanol–water partition coefficient (Wildman–Crippen LogP) is -3.17. The number of aliphatic carboxylic acids is 2. The van der Waals surface area contributed by atoms with Crippen molar-refractivity contribution in [3.05, 3.63) is 0 Å². The molecule has 0 heterocycles. The number of guanidine groups is 1. The summed E-state index contributed by atoms with van der Waals surface area (Å²) in [7, 11) is 0. The number of carbonyl (C=O) groups is 4. The third-order valence-corrected chi connectivity index (χ3v) is 3.47. The largest absolute Gasteiger partial charge is 0.481 e. The summed E-state index contributed by atoms with van der Waals surface area (Å²) in [6.45, 7) is 0.193. The van der Waals surface area contributed by atoms with E-state index in [-0.39, 0.29) is 24.7 Å². The van der Waals surface area contributed by atoms with Crippen LogP contribution < -0.4 is 27.8 Å². The van der Waals surface area contributed by atoms with Crippen molar-refractivity contribution >= 4 is 42.3 Å². The summed E-state index contributed by atoms with van der Waals surface area (Å²) in [5.74, 6) is -4.46. The molecule has 0 aromatic rings. The molecule has 2 amide bonds. The highest BCUT2D eigenvalue weighted by molar-refractivity contribution is 7.80. The van der Waals surface area contributed by atoms with Gasteiger partial charge in [0.05, 0.1) is 12.5 Å². The van der Waals surface area contributed by atoms with E-state index < -0.39 is 48.3 Å². The number of nitrogens with zero attached hydrogens (tertiary/aromatic N) is 1. The van der Waals surface area contributed by atoms with E-state index in [1.54, 1.807) is 0 Å². The molecule has 10 N–H and O–H groups in total. The van der Waals surface area contributed by atoms with Gasteiger partial charge in [-0.2, -0.15) is 12.6 Å². The van der Waals surface area contributed by atoms with E-state index in [0.29, 0.717) is 6.42 Å². The number of carboxylic acids is 2. The summed E-state index contributed by atoms with van der Waals surface area (Å²) in [6, 6.07) is -3.74. The Hall–Kier alpha value is -2.54. The normalized spacial score (nSPS) is 13.8. The van der Waals surface area contributed by atoms with Gasteiger partial charge in [-0.25, -0.2) is 4.79 Å². The first kappa shape index (κ1) is 23.5.